The molecular formula is C25H26ClN5O4S. The molecule has 1 aromatic heterocycles. The number of ether oxygens (including phenoxy) is 1. The van der Waals surface area contributed by atoms with Gasteiger partial charge in [0.2, 0.25) is 5.91 Å². The molecule has 0 saturated carbocycles. The van der Waals surface area contributed by atoms with E-state index in [1.165, 1.54) is 11.8 Å². The standard InChI is InChI=1S/C25H26ClN5O4S/c1-4-13-31-22(16(3)27-23(33)19-11-6-7-12-20(19)26)29-30-25(31)36-15-21(32)28-18-10-8-9-17(14-18)24(34)35-5-2/h4,6-12,14,16H,1,5,13,15H2,2-3H3,(H,27,33)(H,28,32)/t16-/m0/s1. The van der Waals surface area contributed by atoms with Crippen LogP contribution in [0.5, 0.6) is 0 Å². The van der Waals surface area contributed by atoms with Crippen molar-refractivity contribution in [3.05, 3.63) is 83.2 Å². The number of hydrogen-bond acceptors (Lipinski definition) is 7. The highest BCUT2D eigenvalue weighted by Crippen LogP contribution is 2.22. The molecule has 2 N–H and O–H groups in total. The summed E-state index contributed by atoms with van der Waals surface area (Å²) in [5, 5.41) is 14.9. The number of esters is 1. The van der Waals surface area contributed by atoms with Gasteiger partial charge >= 0.3 is 5.97 Å². The van der Waals surface area contributed by atoms with Crippen LogP contribution in [0.4, 0.5) is 5.69 Å². The smallest absolute Gasteiger partial charge is 0.338 e. The zero-order valence-corrected chi connectivity index (χ0v) is 21.4. The van der Waals surface area contributed by atoms with E-state index in [1.807, 2.05) is 0 Å². The fraction of sp³-hybridized carbons (Fsp3) is 0.240. The largest absolute Gasteiger partial charge is 0.462 e. The molecule has 0 aliphatic rings. The maximum atomic E-state index is 12.7. The Bertz CT molecular complexity index is 1260. The van der Waals surface area contributed by atoms with Crippen molar-refractivity contribution < 1.29 is 19.1 Å². The number of carbonyl (C=O) groups excluding carboxylic acids is 3. The highest BCUT2D eigenvalue weighted by molar-refractivity contribution is 7.99. The fourth-order valence-electron chi connectivity index (χ4n) is 3.28. The Balaban J connectivity index is 1.65. The van der Waals surface area contributed by atoms with Crippen molar-refractivity contribution in [3.63, 3.8) is 0 Å². The lowest BCUT2D eigenvalue weighted by atomic mass is 10.2. The van der Waals surface area contributed by atoms with Crippen molar-refractivity contribution >= 4 is 46.8 Å². The second-order valence-corrected chi connectivity index (χ2v) is 8.90. The lowest BCUT2D eigenvalue weighted by Crippen LogP contribution is -2.29. The highest BCUT2D eigenvalue weighted by Gasteiger charge is 2.21. The van der Waals surface area contributed by atoms with Crippen molar-refractivity contribution in [1.29, 1.82) is 0 Å². The molecule has 2 amide bonds. The van der Waals surface area contributed by atoms with Gasteiger partial charge in [-0.2, -0.15) is 0 Å². The minimum atomic E-state index is -0.477. The van der Waals surface area contributed by atoms with Crippen LogP contribution in [-0.4, -0.2) is 44.9 Å². The molecule has 1 heterocycles. The van der Waals surface area contributed by atoms with E-state index in [0.717, 1.165) is 0 Å². The van der Waals surface area contributed by atoms with E-state index in [1.54, 1.807) is 73.0 Å². The van der Waals surface area contributed by atoms with Crippen LogP contribution < -0.4 is 10.6 Å². The first-order chi connectivity index (χ1) is 17.3. The van der Waals surface area contributed by atoms with E-state index < -0.39 is 12.0 Å². The first-order valence-electron chi connectivity index (χ1n) is 11.1. The van der Waals surface area contributed by atoms with Crippen molar-refractivity contribution in [1.82, 2.24) is 20.1 Å². The molecular weight excluding hydrogens is 502 g/mol. The number of benzene rings is 2. The Morgan fingerprint density at radius 1 is 1.19 bits per heavy atom. The van der Waals surface area contributed by atoms with Gasteiger partial charge in [-0.1, -0.05) is 47.6 Å². The van der Waals surface area contributed by atoms with Gasteiger partial charge in [-0.15, -0.1) is 16.8 Å². The summed E-state index contributed by atoms with van der Waals surface area (Å²) in [5.41, 5.74) is 1.19. The van der Waals surface area contributed by atoms with Gasteiger partial charge in [0.15, 0.2) is 11.0 Å². The average molecular weight is 528 g/mol. The molecule has 36 heavy (non-hydrogen) atoms. The summed E-state index contributed by atoms with van der Waals surface area (Å²) in [4.78, 5) is 37.1. The van der Waals surface area contributed by atoms with Crippen LogP contribution in [0, 0.1) is 0 Å². The van der Waals surface area contributed by atoms with Crippen molar-refractivity contribution in [3.8, 4) is 0 Å². The van der Waals surface area contributed by atoms with Crippen LogP contribution in [0.25, 0.3) is 0 Å². The zero-order chi connectivity index (χ0) is 26.1. The number of aromatic nitrogens is 3. The Morgan fingerprint density at radius 3 is 2.69 bits per heavy atom. The molecule has 0 saturated heterocycles. The van der Waals surface area contributed by atoms with Gasteiger partial charge in [-0.3, -0.25) is 9.59 Å². The normalized spacial score (nSPS) is 11.4. The molecule has 0 aliphatic heterocycles. The highest BCUT2D eigenvalue weighted by atomic mass is 35.5. The van der Waals surface area contributed by atoms with Gasteiger partial charge in [0, 0.05) is 12.2 Å². The lowest BCUT2D eigenvalue weighted by Gasteiger charge is -2.15. The monoisotopic (exact) mass is 527 g/mol. The molecule has 3 rings (SSSR count). The summed E-state index contributed by atoms with van der Waals surface area (Å²) in [6, 6.07) is 12.8. The molecule has 0 spiro atoms. The van der Waals surface area contributed by atoms with Crippen molar-refractivity contribution in [2.75, 3.05) is 17.7 Å². The minimum absolute atomic E-state index is 0.0548. The predicted molar refractivity (Wildman–Crippen MR) is 139 cm³/mol. The van der Waals surface area contributed by atoms with Gasteiger partial charge in [0.25, 0.3) is 5.91 Å². The van der Waals surface area contributed by atoms with Crippen LogP contribution >= 0.6 is 23.4 Å². The summed E-state index contributed by atoms with van der Waals surface area (Å²) in [7, 11) is 0. The summed E-state index contributed by atoms with van der Waals surface area (Å²) in [6.07, 6.45) is 1.68. The van der Waals surface area contributed by atoms with Crippen LogP contribution in [0.15, 0.2) is 66.3 Å². The Kier molecular flexibility index (Phi) is 9.66. The maximum Gasteiger partial charge on any atom is 0.338 e. The summed E-state index contributed by atoms with van der Waals surface area (Å²) in [5.74, 6) is -0.501. The SMILES string of the molecule is C=CCn1c(SCC(=O)Nc2cccc(C(=O)OCC)c2)nnc1[C@H](C)NC(=O)c1ccccc1Cl. The van der Waals surface area contributed by atoms with E-state index in [-0.39, 0.29) is 24.2 Å². The van der Waals surface area contributed by atoms with Crippen LogP contribution in [0.3, 0.4) is 0 Å². The molecule has 9 nitrogen and oxygen atoms in total. The summed E-state index contributed by atoms with van der Waals surface area (Å²) < 4.78 is 6.77. The molecule has 188 valence electrons. The number of anilines is 1. The Labute approximate surface area is 218 Å². The number of carbonyl (C=O) groups is 3. The quantitative estimate of drug-likeness (QED) is 0.214. The number of halogens is 1. The first-order valence-corrected chi connectivity index (χ1v) is 12.5. The third-order valence-corrected chi connectivity index (χ3v) is 6.20. The second-order valence-electron chi connectivity index (χ2n) is 7.55. The fourth-order valence-corrected chi connectivity index (χ4v) is 4.25. The van der Waals surface area contributed by atoms with Crippen LogP contribution in [-0.2, 0) is 16.1 Å². The molecule has 0 aliphatic carbocycles. The predicted octanol–water partition coefficient (Wildman–Crippen LogP) is 4.52. The third-order valence-electron chi connectivity index (χ3n) is 4.90. The number of allylic oxidation sites excluding steroid dienone is 1. The summed E-state index contributed by atoms with van der Waals surface area (Å²) >= 11 is 7.32. The number of hydrogen-bond donors (Lipinski definition) is 2. The van der Waals surface area contributed by atoms with E-state index in [4.69, 9.17) is 16.3 Å². The number of amides is 2. The van der Waals surface area contributed by atoms with Gasteiger partial charge in [0.1, 0.15) is 0 Å². The zero-order valence-electron chi connectivity index (χ0n) is 19.9. The Morgan fingerprint density at radius 2 is 1.97 bits per heavy atom. The Hall–Kier alpha value is -3.63. The number of nitrogens with one attached hydrogen (secondary N) is 2. The number of thioether (sulfide) groups is 1. The number of rotatable bonds is 11. The third kappa shape index (κ3) is 6.96. The molecule has 0 unspecified atom stereocenters. The van der Waals surface area contributed by atoms with E-state index in [2.05, 4.69) is 27.4 Å². The maximum absolute atomic E-state index is 12.7. The molecule has 2 aromatic carbocycles. The summed E-state index contributed by atoms with van der Waals surface area (Å²) in [6.45, 7) is 7.95. The van der Waals surface area contributed by atoms with E-state index >= 15 is 0 Å². The van der Waals surface area contributed by atoms with Crippen molar-refractivity contribution in [2.45, 2.75) is 31.6 Å². The van der Waals surface area contributed by atoms with E-state index in [0.29, 0.717) is 39.4 Å². The number of nitrogens with zero attached hydrogens (tertiary/aromatic N) is 3. The topological polar surface area (TPSA) is 115 Å². The van der Waals surface area contributed by atoms with Gasteiger partial charge in [-0.25, -0.2) is 4.79 Å². The van der Waals surface area contributed by atoms with E-state index in [9.17, 15) is 14.4 Å². The van der Waals surface area contributed by atoms with Crippen LogP contribution in [0.1, 0.15) is 46.4 Å². The second kappa shape index (κ2) is 12.9. The average Bonchev–Trinajstić information content (AvgIpc) is 3.26. The first kappa shape index (κ1) is 27.0. The molecule has 0 fully saturated rings. The molecule has 3 aromatic rings. The molecule has 0 bridgehead atoms. The lowest BCUT2D eigenvalue weighted by molar-refractivity contribution is -0.113. The van der Waals surface area contributed by atoms with Gasteiger partial charge in [-0.05, 0) is 44.2 Å². The minimum Gasteiger partial charge on any atom is -0.462 e. The van der Waals surface area contributed by atoms with Gasteiger partial charge < -0.3 is 19.9 Å². The van der Waals surface area contributed by atoms with Crippen molar-refractivity contribution in [2.24, 2.45) is 0 Å². The molecule has 0 radical (unpaired) electrons. The van der Waals surface area contributed by atoms with Gasteiger partial charge in [0.05, 0.1) is 34.6 Å². The molecule has 11 heteroatoms. The van der Waals surface area contributed by atoms with Crippen LogP contribution in [0.2, 0.25) is 5.02 Å². The molecule has 1 atom stereocenters.